The van der Waals surface area contributed by atoms with Crippen molar-refractivity contribution < 1.29 is 24.5 Å². The van der Waals surface area contributed by atoms with Crippen molar-refractivity contribution in [1.82, 2.24) is 0 Å². The summed E-state index contributed by atoms with van der Waals surface area (Å²) in [5.41, 5.74) is 4.90. The van der Waals surface area contributed by atoms with E-state index in [2.05, 4.69) is 4.74 Å². The Morgan fingerprint density at radius 1 is 1.47 bits per heavy atom. The van der Waals surface area contributed by atoms with Gasteiger partial charge in [-0.2, -0.15) is 0 Å². The van der Waals surface area contributed by atoms with Gasteiger partial charge < -0.3 is 20.7 Å². The second-order valence-electron chi connectivity index (χ2n) is 3.38. The zero-order chi connectivity index (χ0) is 13.0. The van der Waals surface area contributed by atoms with Gasteiger partial charge in [-0.15, -0.1) is 11.3 Å². The average molecular weight is 259 g/mol. The number of carbonyl (C=O) groups is 2. The summed E-state index contributed by atoms with van der Waals surface area (Å²) in [4.78, 5) is 22.4. The third-order valence-electron chi connectivity index (χ3n) is 2.08. The molecule has 6 nitrogen and oxygen atoms in total. The van der Waals surface area contributed by atoms with Crippen molar-refractivity contribution in [2.75, 3.05) is 7.11 Å². The zero-order valence-corrected chi connectivity index (χ0v) is 9.94. The lowest BCUT2D eigenvalue weighted by atomic mass is 10.1. The second-order valence-corrected chi connectivity index (χ2v) is 4.49. The maximum absolute atomic E-state index is 11.2. The summed E-state index contributed by atoms with van der Waals surface area (Å²) in [6, 6.07) is 2.97. The first-order valence-corrected chi connectivity index (χ1v) is 5.59. The Morgan fingerprint density at radius 2 is 2.12 bits per heavy atom. The molecule has 1 amide bonds. The summed E-state index contributed by atoms with van der Waals surface area (Å²) in [5, 5.41) is 19.2. The van der Waals surface area contributed by atoms with E-state index in [9.17, 15) is 19.8 Å². The molecule has 4 N–H and O–H groups in total. The van der Waals surface area contributed by atoms with Gasteiger partial charge in [0.25, 0.3) is 0 Å². The first kappa shape index (κ1) is 13.6. The maximum Gasteiger partial charge on any atom is 0.348 e. The van der Waals surface area contributed by atoms with E-state index in [1.807, 2.05) is 0 Å². The van der Waals surface area contributed by atoms with Crippen molar-refractivity contribution in [3.05, 3.63) is 21.9 Å². The Hall–Kier alpha value is -1.44. The highest BCUT2D eigenvalue weighted by Gasteiger charge is 2.23. The van der Waals surface area contributed by atoms with Gasteiger partial charge in [-0.05, 0) is 12.1 Å². The summed E-state index contributed by atoms with van der Waals surface area (Å²) in [6.07, 6.45) is -2.87. The van der Waals surface area contributed by atoms with Crippen molar-refractivity contribution >= 4 is 23.2 Å². The third kappa shape index (κ3) is 3.52. The number of aliphatic hydroxyl groups excluding tert-OH is 2. The van der Waals surface area contributed by atoms with Gasteiger partial charge in [0.1, 0.15) is 11.0 Å². The molecule has 94 valence electrons. The Labute approximate surface area is 102 Å². The van der Waals surface area contributed by atoms with Gasteiger partial charge in [0.15, 0.2) is 0 Å². The molecule has 1 aromatic rings. The lowest BCUT2D eigenvalue weighted by Crippen LogP contribution is -2.25. The lowest BCUT2D eigenvalue weighted by molar-refractivity contribution is -0.121. The van der Waals surface area contributed by atoms with E-state index in [0.29, 0.717) is 9.75 Å². The molecule has 2 unspecified atom stereocenters. The number of carbonyl (C=O) groups excluding carboxylic acids is 2. The van der Waals surface area contributed by atoms with Crippen molar-refractivity contribution in [2.45, 2.75) is 18.6 Å². The molecule has 0 aliphatic rings. The van der Waals surface area contributed by atoms with Crippen LogP contribution in [0.1, 0.15) is 27.1 Å². The van der Waals surface area contributed by atoms with E-state index in [-0.39, 0.29) is 6.42 Å². The molecule has 1 aromatic heterocycles. The van der Waals surface area contributed by atoms with Crippen molar-refractivity contribution in [2.24, 2.45) is 5.73 Å². The smallest absolute Gasteiger partial charge is 0.348 e. The van der Waals surface area contributed by atoms with Crippen LogP contribution in [0, 0.1) is 0 Å². The van der Waals surface area contributed by atoms with Gasteiger partial charge >= 0.3 is 5.97 Å². The molecular formula is C10H13NO5S. The summed E-state index contributed by atoms with van der Waals surface area (Å²) in [7, 11) is 1.25. The first-order chi connectivity index (χ1) is 7.95. The normalized spacial score (nSPS) is 14.1. The van der Waals surface area contributed by atoms with E-state index in [1.165, 1.54) is 19.2 Å². The van der Waals surface area contributed by atoms with Crippen LogP contribution in [0.25, 0.3) is 0 Å². The molecule has 0 saturated heterocycles. The predicted molar refractivity (Wildman–Crippen MR) is 60.4 cm³/mol. The Balaban J connectivity index is 2.75. The maximum atomic E-state index is 11.2. The van der Waals surface area contributed by atoms with Crippen molar-refractivity contribution in [3.8, 4) is 0 Å². The quantitative estimate of drug-likeness (QED) is 0.634. The molecule has 0 aliphatic heterocycles. The minimum absolute atomic E-state index is 0.313. The molecule has 0 bridgehead atoms. The lowest BCUT2D eigenvalue weighted by Gasteiger charge is -2.14. The van der Waals surface area contributed by atoms with Crippen molar-refractivity contribution in [3.63, 3.8) is 0 Å². The fourth-order valence-corrected chi connectivity index (χ4v) is 2.20. The molecule has 0 saturated carbocycles. The highest BCUT2D eigenvalue weighted by atomic mass is 32.1. The van der Waals surface area contributed by atoms with Crippen molar-refractivity contribution in [1.29, 1.82) is 0 Å². The van der Waals surface area contributed by atoms with Gasteiger partial charge in [0.05, 0.1) is 19.6 Å². The summed E-state index contributed by atoms with van der Waals surface area (Å²) < 4.78 is 4.51. The highest BCUT2D eigenvalue weighted by Crippen LogP contribution is 2.27. The van der Waals surface area contributed by atoms with Gasteiger partial charge in [-0.25, -0.2) is 4.79 Å². The third-order valence-corrected chi connectivity index (χ3v) is 3.22. The largest absolute Gasteiger partial charge is 0.465 e. The summed E-state index contributed by atoms with van der Waals surface area (Å²) in [6.45, 7) is 0. The fraction of sp³-hybridized carbons (Fsp3) is 0.400. The molecule has 1 heterocycles. The SMILES string of the molecule is COC(=O)c1ccc(C(O)C(O)CC(N)=O)s1. The second kappa shape index (κ2) is 5.76. The number of hydrogen-bond donors (Lipinski definition) is 3. The minimum atomic E-state index is -1.28. The van der Waals surface area contributed by atoms with E-state index in [4.69, 9.17) is 5.73 Å². The molecule has 1 rings (SSSR count). The number of methoxy groups -OCH3 is 1. The number of primary amides is 1. The number of nitrogens with two attached hydrogens (primary N) is 1. The molecule has 0 aromatic carbocycles. The van der Waals surface area contributed by atoms with Crippen LogP contribution in [-0.4, -0.2) is 35.3 Å². The highest BCUT2D eigenvalue weighted by molar-refractivity contribution is 7.14. The van der Waals surface area contributed by atoms with Gasteiger partial charge in [0.2, 0.25) is 5.91 Å². The van der Waals surface area contributed by atoms with Crippen LogP contribution in [-0.2, 0) is 9.53 Å². The van der Waals surface area contributed by atoms with Gasteiger partial charge in [-0.3, -0.25) is 4.79 Å². The summed E-state index contributed by atoms with van der Waals surface area (Å²) >= 11 is 0.992. The molecule has 0 spiro atoms. The first-order valence-electron chi connectivity index (χ1n) is 4.78. The molecule has 7 heteroatoms. The summed E-state index contributed by atoms with van der Waals surface area (Å²) in [5.74, 6) is -1.22. The Bertz CT molecular complexity index is 417. The predicted octanol–water partition coefficient (Wildman–Crippen LogP) is -0.196. The van der Waals surface area contributed by atoms with E-state index in [1.54, 1.807) is 0 Å². The van der Waals surface area contributed by atoms with Crippen LogP contribution < -0.4 is 5.73 Å². The number of thiophene rings is 1. The number of amides is 1. The number of hydrogen-bond acceptors (Lipinski definition) is 6. The van der Waals surface area contributed by atoms with Gasteiger partial charge in [-0.1, -0.05) is 0 Å². The molecular weight excluding hydrogens is 246 g/mol. The van der Waals surface area contributed by atoms with Crippen LogP contribution >= 0.6 is 11.3 Å². The number of aliphatic hydroxyl groups is 2. The standard InChI is InChI=1S/C10H13NO5S/c1-16-10(15)7-3-2-6(17-7)9(14)5(12)4-8(11)13/h2-3,5,9,12,14H,4H2,1H3,(H2,11,13). The molecule has 0 radical (unpaired) electrons. The van der Waals surface area contributed by atoms with Crippen LogP contribution in [0.3, 0.4) is 0 Å². The molecule has 0 aliphatic carbocycles. The van der Waals surface area contributed by atoms with E-state index < -0.39 is 24.1 Å². The minimum Gasteiger partial charge on any atom is -0.465 e. The van der Waals surface area contributed by atoms with Crippen LogP contribution in [0.4, 0.5) is 0 Å². The fourth-order valence-electron chi connectivity index (χ4n) is 1.23. The van der Waals surface area contributed by atoms with Crippen LogP contribution in [0.5, 0.6) is 0 Å². The topological polar surface area (TPSA) is 110 Å². The molecule has 0 fully saturated rings. The number of rotatable bonds is 5. The number of ether oxygens (including phenoxy) is 1. The van der Waals surface area contributed by atoms with Gasteiger partial charge in [0, 0.05) is 4.88 Å². The van der Waals surface area contributed by atoms with Crippen LogP contribution in [0.15, 0.2) is 12.1 Å². The monoisotopic (exact) mass is 259 g/mol. The molecule has 17 heavy (non-hydrogen) atoms. The van der Waals surface area contributed by atoms with E-state index in [0.717, 1.165) is 11.3 Å². The average Bonchev–Trinajstić information content (AvgIpc) is 2.75. The number of esters is 1. The van der Waals surface area contributed by atoms with E-state index >= 15 is 0 Å². The molecule has 2 atom stereocenters. The zero-order valence-electron chi connectivity index (χ0n) is 9.12. The van der Waals surface area contributed by atoms with Crippen LogP contribution in [0.2, 0.25) is 0 Å². The Morgan fingerprint density at radius 3 is 2.65 bits per heavy atom. The Kier molecular flexibility index (Phi) is 4.62.